The normalized spacial score (nSPS) is 12.1. The van der Waals surface area contributed by atoms with Gasteiger partial charge in [-0.2, -0.15) is 0 Å². The van der Waals surface area contributed by atoms with E-state index >= 15 is 0 Å². The number of nitrogens with one attached hydrogen (secondary N) is 1. The van der Waals surface area contributed by atoms with E-state index in [-0.39, 0.29) is 18.4 Å². The van der Waals surface area contributed by atoms with Gasteiger partial charge in [0.15, 0.2) is 0 Å². The minimum Gasteiger partial charge on any atom is -0.496 e. The molecule has 3 N–H and O–H groups in total. The SMILES string of the molecule is COc1cccc(OC)c1CC(=O)N[C@H](CN)CC(C)C. The summed E-state index contributed by atoms with van der Waals surface area (Å²) >= 11 is 0. The molecular formula is C16H26N2O3. The molecule has 1 aromatic carbocycles. The molecule has 1 aromatic rings. The van der Waals surface area contributed by atoms with Crippen molar-refractivity contribution in [2.24, 2.45) is 11.7 Å². The van der Waals surface area contributed by atoms with Gasteiger partial charge < -0.3 is 20.5 Å². The fourth-order valence-corrected chi connectivity index (χ4v) is 2.32. The molecule has 0 saturated heterocycles. The van der Waals surface area contributed by atoms with Crippen LogP contribution in [0.3, 0.4) is 0 Å². The van der Waals surface area contributed by atoms with Gasteiger partial charge in [-0.05, 0) is 24.5 Å². The number of benzene rings is 1. The van der Waals surface area contributed by atoms with E-state index < -0.39 is 0 Å². The van der Waals surface area contributed by atoms with Crippen LogP contribution in [0.4, 0.5) is 0 Å². The van der Waals surface area contributed by atoms with Crippen LogP contribution in [0.2, 0.25) is 0 Å². The lowest BCUT2D eigenvalue weighted by Gasteiger charge is -2.19. The summed E-state index contributed by atoms with van der Waals surface area (Å²) in [5, 5.41) is 2.97. The molecule has 118 valence electrons. The summed E-state index contributed by atoms with van der Waals surface area (Å²) < 4.78 is 10.6. The number of hydrogen-bond donors (Lipinski definition) is 2. The number of rotatable bonds is 8. The molecule has 0 spiro atoms. The average Bonchev–Trinajstić information content (AvgIpc) is 2.46. The molecule has 0 aromatic heterocycles. The lowest BCUT2D eigenvalue weighted by molar-refractivity contribution is -0.121. The van der Waals surface area contributed by atoms with Crippen molar-refractivity contribution in [2.75, 3.05) is 20.8 Å². The van der Waals surface area contributed by atoms with Crippen LogP contribution in [0.1, 0.15) is 25.8 Å². The third-order valence-corrected chi connectivity index (χ3v) is 3.27. The van der Waals surface area contributed by atoms with Crippen LogP contribution in [0.15, 0.2) is 18.2 Å². The van der Waals surface area contributed by atoms with Gasteiger partial charge in [-0.1, -0.05) is 19.9 Å². The summed E-state index contributed by atoms with van der Waals surface area (Å²) in [4.78, 5) is 12.2. The molecule has 1 amide bonds. The maximum Gasteiger partial charge on any atom is 0.224 e. The summed E-state index contributed by atoms with van der Waals surface area (Å²) in [6, 6.07) is 5.47. The second kappa shape index (κ2) is 8.52. The Balaban J connectivity index is 2.78. The van der Waals surface area contributed by atoms with Gasteiger partial charge in [-0.25, -0.2) is 0 Å². The summed E-state index contributed by atoms with van der Waals surface area (Å²) in [6.07, 6.45) is 1.08. The number of methoxy groups -OCH3 is 2. The molecule has 0 aliphatic rings. The van der Waals surface area contributed by atoms with Gasteiger partial charge in [-0.15, -0.1) is 0 Å². The molecule has 21 heavy (non-hydrogen) atoms. The fraction of sp³-hybridized carbons (Fsp3) is 0.562. The number of hydrogen-bond acceptors (Lipinski definition) is 4. The molecule has 5 heteroatoms. The molecule has 0 heterocycles. The van der Waals surface area contributed by atoms with Crippen LogP contribution < -0.4 is 20.5 Å². The maximum atomic E-state index is 12.2. The number of ether oxygens (including phenoxy) is 2. The molecule has 0 fully saturated rings. The van der Waals surface area contributed by atoms with Crippen molar-refractivity contribution in [2.45, 2.75) is 32.7 Å². The van der Waals surface area contributed by atoms with E-state index in [1.165, 1.54) is 0 Å². The topological polar surface area (TPSA) is 73.6 Å². The van der Waals surface area contributed by atoms with Gasteiger partial charge in [0.2, 0.25) is 5.91 Å². The fourth-order valence-electron chi connectivity index (χ4n) is 2.32. The Morgan fingerprint density at radius 3 is 2.24 bits per heavy atom. The number of carbonyl (C=O) groups is 1. The van der Waals surface area contributed by atoms with Gasteiger partial charge in [-0.3, -0.25) is 4.79 Å². The molecular weight excluding hydrogens is 268 g/mol. The third kappa shape index (κ3) is 5.27. The van der Waals surface area contributed by atoms with E-state index in [9.17, 15) is 4.79 Å². The van der Waals surface area contributed by atoms with Gasteiger partial charge in [0, 0.05) is 18.2 Å². The van der Waals surface area contributed by atoms with E-state index in [4.69, 9.17) is 15.2 Å². The van der Waals surface area contributed by atoms with Gasteiger partial charge in [0.05, 0.1) is 20.6 Å². The molecule has 0 saturated carbocycles. The van der Waals surface area contributed by atoms with Crippen LogP contribution in [0.25, 0.3) is 0 Å². The zero-order valence-electron chi connectivity index (χ0n) is 13.3. The first-order valence-electron chi connectivity index (χ1n) is 7.21. The highest BCUT2D eigenvalue weighted by molar-refractivity contribution is 5.80. The Hall–Kier alpha value is -1.75. The smallest absolute Gasteiger partial charge is 0.224 e. The monoisotopic (exact) mass is 294 g/mol. The molecule has 0 aliphatic heterocycles. The Morgan fingerprint density at radius 1 is 1.24 bits per heavy atom. The highest BCUT2D eigenvalue weighted by Gasteiger charge is 2.17. The van der Waals surface area contributed by atoms with Crippen LogP contribution in [0.5, 0.6) is 11.5 Å². The molecule has 0 aliphatic carbocycles. The first-order valence-corrected chi connectivity index (χ1v) is 7.21. The van der Waals surface area contributed by atoms with Crippen molar-refractivity contribution in [1.29, 1.82) is 0 Å². The number of amides is 1. The predicted molar refractivity (Wildman–Crippen MR) is 83.7 cm³/mol. The maximum absolute atomic E-state index is 12.2. The summed E-state index contributed by atoms with van der Waals surface area (Å²) in [5.41, 5.74) is 6.46. The minimum atomic E-state index is -0.0751. The second-order valence-corrected chi connectivity index (χ2v) is 5.45. The Bertz CT molecular complexity index is 439. The van der Waals surface area contributed by atoms with Crippen LogP contribution in [-0.4, -0.2) is 32.7 Å². The van der Waals surface area contributed by atoms with Gasteiger partial charge >= 0.3 is 0 Å². The van der Waals surface area contributed by atoms with E-state index in [0.29, 0.717) is 24.0 Å². The van der Waals surface area contributed by atoms with Crippen LogP contribution >= 0.6 is 0 Å². The van der Waals surface area contributed by atoms with Gasteiger partial charge in [0.1, 0.15) is 11.5 Å². The summed E-state index contributed by atoms with van der Waals surface area (Å²) in [6.45, 7) is 4.66. The Kier molecular flexibility index (Phi) is 7.02. The van der Waals surface area contributed by atoms with Crippen LogP contribution in [-0.2, 0) is 11.2 Å². The molecule has 1 atom stereocenters. The zero-order chi connectivity index (χ0) is 15.8. The minimum absolute atomic E-state index is 0.00166. The number of nitrogens with two attached hydrogens (primary N) is 1. The highest BCUT2D eigenvalue weighted by Crippen LogP contribution is 2.28. The molecule has 0 bridgehead atoms. The van der Waals surface area contributed by atoms with E-state index in [1.54, 1.807) is 14.2 Å². The Labute approximate surface area is 126 Å². The standard InChI is InChI=1S/C16H26N2O3/c1-11(2)8-12(10-17)18-16(19)9-13-14(20-3)6-5-7-15(13)21-4/h5-7,11-12H,8-10,17H2,1-4H3,(H,18,19)/t12-/m0/s1. The molecule has 0 radical (unpaired) electrons. The number of carbonyl (C=O) groups excluding carboxylic acids is 1. The van der Waals surface area contributed by atoms with E-state index in [1.807, 2.05) is 18.2 Å². The molecule has 0 unspecified atom stereocenters. The largest absolute Gasteiger partial charge is 0.496 e. The quantitative estimate of drug-likeness (QED) is 0.766. The first-order chi connectivity index (χ1) is 10.0. The van der Waals surface area contributed by atoms with Crippen LogP contribution in [0, 0.1) is 5.92 Å². The van der Waals surface area contributed by atoms with Crippen molar-refractivity contribution in [3.63, 3.8) is 0 Å². The van der Waals surface area contributed by atoms with Crippen molar-refractivity contribution >= 4 is 5.91 Å². The predicted octanol–water partition coefficient (Wildman–Crippen LogP) is 1.74. The lowest BCUT2D eigenvalue weighted by Crippen LogP contribution is -2.41. The lowest BCUT2D eigenvalue weighted by atomic mass is 10.0. The van der Waals surface area contributed by atoms with Crippen molar-refractivity contribution < 1.29 is 14.3 Å². The van der Waals surface area contributed by atoms with E-state index in [2.05, 4.69) is 19.2 Å². The van der Waals surface area contributed by atoms with E-state index in [0.717, 1.165) is 12.0 Å². The average molecular weight is 294 g/mol. The van der Waals surface area contributed by atoms with Crippen molar-refractivity contribution in [1.82, 2.24) is 5.32 Å². The zero-order valence-corrected chi connectivity index (χ0v) is 13.3. The molecule has 5 nitrogen and oxygen atoms in total. The third-order valence-electron chi connectivity index (χ3n) is 3.27. The van der Waals surface area contributed by atoms with Crippen molar-refractivity contribution in [3.8, 4) is 11.5 Å². The Morgan fingerprint density at radius 2 is 1.81 bits per heavy atom. The first kappa shape index (κ1) is 17.3. The summed E-state index contributed by atoms with van der Waals surface area (Å²) in [7, 11) is 3.16. The second-order valence-electron chi connectivity index (χ2n) is 5.45. The highest BCUT2D eigenvalue weighted by atomic mass is 16.5. The molecule has 1 rings (SSSR count). The van der Waals surface area contributed by atoms with Crippen molar-refractivity contribution in [3.05, 3.63) is 23.8 Å². The summed E-state index contributed by atoms with van der Waals surface area (Å²) in [5.74, 6) is 1.71. The van der Waals surface area contributed by atoms with Gasteiger partial charge in [0.25, 0.3) is 0 Å².